The van der Waals surface area contributed by atoms with Gasteiger partial charge < -0.3 is 10.3 Å². The van der Waals surface area contributed by atoms with E-state index in [0.717, 1.165) is 6.54 Å². The zero-order valence-electron chi connectivity index (χ0n) is 9.97. The Hall–Kier alpha value is -1.68. The first-order valence-electron chi connectivity index (χ1n) is 5.45. The summed E-state index contributed by atoms with van der Waals surface area (Å²) in [6.45, 7) is 4.94. The Kier molecular flexibility index (Phi) is 3.24. The minimum absolute atomic E-state index is 0.334. The molecule has 0 aliphatic rings. The smallest absolute Gasteiger partial charge is 0.167 e. The van der Waals surface area contributed by atoms with Gasteiger partial charge >= 0.3 is 0 Å². The van der Waals surface area contributed by atoms with Crippen LogP contribution >= 0.6 is 12.2 Å². The first-order valence-corrected chi connectivity index (χ1v) is 5.86. The van der Waals surface area contributed by atoms with Gasteiger partial charge in [-0.1, -0.05) is 36.0 Å². The fourth-order valence-electron chi connectivity index (χ4n) is 1.82. The van der Waals surface area contributed by atoms with Gasteiger partial charge in [0, 0.05) is 18.9 Å². The van der Waals surface area contributed by atoms with Crippen LogP contribution in [-0.4, -0.2) is 14.5 Å². The van der Waals surface area contributed by atoms with Crippen LogP contribution in [0.3, 0.4) is 0 Å². The van der Waals surface area contributed by atoms with Crippen molar-refractivity contribution in [1.29, 1.82) is 0 Å². The molecule has 4 heteroatoms. The fourth-order valence-corrected chi connectivity index (χ4v) is 1.99. The topological polar surface area (TPSA) is 43.8 Å². The van der Waals surface area contributed by atoms with Gasteiger partial charge in [-0.25, -0.2) is 4.98 Å². The van der Waals surface area contributed by atoms with E-state index in [1.165, 1.54) is 16.7 Å². The molecule has 0 amide bonds. The van der Waals surface area contributed by atoms with Crippen molar-refractivity contribution in [2.45, 2.75) is 20.4 Å². The summed E-state index contributed by atoms with van der Waals surface area (Å²) in [6, 6.07) is 6.42. The predicted octanol–water partition coefficient (Wildman–Crippen LogP) is 2.18. The number of hydrogen-bond donors (Lipinski definition) is 1. The highest BCUT2D eigenvalue weighted by molar-refractivity contribution is 7.80. The Morgan fingerprint density at radius 3 is 2.88 bits per heavy atom. The highest BCUT2D eigenvalue weighted by atomic mass is 32.1. The molecular formula is C13H15N3S. The maximum atomic E-state index is 5.63. The average Bonchev–Trinajstić information content (AvgIpc) is 2.71. The molecule has 1 aromatic heterocycles. The second kappa shape index (κ2) is 4.67. The number of rotatable bonds is 3. The van der Waals surface area contributed by atoms with Crippen LogP contribution < -0.4 is 5.73 Å². The van der Waals surface area contributed by atoms with E-state index in [1.54, 1.807) is 6.20 Å². The number of aromatic nitrogens is 2. The van der Waals surface area contributed by atoms with Crippen LogP contribution in [0.2, 0.25) is 0 Å². The van der Waals surface area contributed by atoms with E-state index in [2.05, 4.69) is 37.0 Å². The number of nitrogens with two attached hydrogens (primary N) is 1. The lowest BCUT2D eigenvalue weighted by Gasteiger charge is -2.10. The van der Waals surface area contributed by atoms with Crippen LogP contribution in [0.4, 0.5) is 0 Å². The molecule has 3 nitrogen and oxygen atoms in total. The molecule has 0 bridgehead atoms. The molecule has 0 aliphatic heterocycles. The number of nitrogens with zero attached hydrogens (tertiary/aromatic N) is 2. The van der Waals surface area contributed by atoms with Crippen molar-refractivity contribution in [3.8, 4) is 0 Å². The second-order valence-corrected chi connectivity index (χ2v) is 4.61. The maximum absolute atomic E-state index is 5.63. The van der Waals surface area contributed by atoms with E-state index >= 15 is 0 Å². The molecule has 2 N–H and O–H groups in total. The number of thiocarbonyl (C=S) groups is 1. The molecule has 17 heavy (non-hydrogen) atoms. The molecule has 1 aromatic carbocycles. The second-order valence-electron chi connectivity index (χ2n) is 4.17. The van der Waals surface area contributed by atoms with E-state index in [9.17, 15) is 0 Å². The summed E-state index contributed by atoms with van der Waals surface area (Å²) >= 11 is 4.97. The summed E-state index contributed by atoms with van der Waals surface area (Å²) in [7, 11) is 0. The third-order valence-corrected chi connectivity index (χ3v) is 2.96. The van der Waals surface area contributed by atoms with Gasteiger partial charge in [-0.2, -0.15) is 0 Å². The Balaban J connectivity index is 2.34. The monoisotopic (exact) mass is 245 g/mol. The van der Waals surface area contributed by atoms with Crippen LogP contribution in [0.25, 0.3) is 0 Å². The van der Waals surface area contributed by atoms with Crippen molar-refractivity contribution in [3.63, 3.8) is 0 Å². The molecule has 0 unspecified atom stereocenters. The molecule has 88 valence electrons. The third kappa shape index (κ3) is 2.53. The number of benzene rings is 1. The Morgan fingerprint density at radius 2 is 2.18 bits per heavy atom. The largest absolute Gasteiger partial charge is 0.387 e. The molecule has 0 saturated carbocycles. The van der Waals surface area contributed by atoms with Crippen molar-refractivity contribution < 1.29 is 0 Å². The van der Waals surface area contributed by atoms with E-state index < -0.39 is 0 Å². The van der Waals surface area contributed by atoms with E-state index in [0.29, 0.717) is 10.8 Å². The summed E-state index contributed by atoms with van der Waals surface area (Å²) in [5.41, 5.74) is 9.41. The highest BCUT2D eigenvalue weighted by Gasteiger charge is 2.07. The minimum atomic E-state index is 0.334. The zero-order valence-corrected chi connectivity index (χ0v) is 10.8. The predicted molar refractivity (Wildman–Crippen MR) is 73.1 cm³/mol. The molecule has 0 atom stereocenters. The molecule has 0 saturated heterocycles. The first-order chi connectivity index (χ1) is 8.08. The average molecular weight is 245 g/mol. The van der Waals surface area contributed by atoms with Crippen molar-refractivity contribution in [3.05, 3.63) is 53.1 Å². The summed E-state index contributed by atoms with van der Waals surface area (Å²) in [5.74, 6) is 0.668. The van der Waals surface area contributed by atoms with Crippen molar-refractivity contribution in [1.82, 2.24) is 9.55 Å². The van der Waals surface area contributed by atoms with E-state index in [4.69, 9.17) is 18.0 Å². The van der Waals surface area contributed by atoms with Crippen LogP contribution in [0, 0.1) is 13.8 Å². The van der Waals surface area contributed by atoms with Crippen molar-refractivity contribution >= 4 is 17.2 Å². The minimum Gasteiger partial charge on any atom is -0.387 e. The Morgan fingerprint density at radius 1 is 1.41 bits per heavy atom. The molecule has 1 heterocycles. The van der Waals surface area contributed by atoms with Gasteiger partial charge in [0.25, 0.3) is 0 Å². The number of aryl methyl sites for hydroxylation is 2. The lowest BCUT2D eigenvalue weighted by atomic mass is 10.1. The van der Waals surface area contributed by atoms with Gasteiger partial charge in [-0.05, 0) is 25.0 Å². The van der Waals surface area contributed by atoms with E-state index in [1.807, 2.05) is 10.8 Å². The molecule has 0 spiro atoms. The summed E-state index contributed by atoms with van der Waals surface area (Å²) in [6.07, 6.45) is 3.62. The molecular weight excluding hydrogens is 230 g/mol. The summed E-state index contributed by atoms with van der Waals surface area (Å²) in [5, 5.41) is 0. The van der Waals surface area contributed by atoms with Gasteiger partial charge in [0.15, 0.2) is 5.82 Å². The maximum Gasteiger partial charge on any atom is 0.167 e. The Labute approximate surface area is 106 Å². The first kappa shape index (κ1) is 11.8. The standard InChI is InChI=1S/C13H15N3S/c1-9-3-4-10(2)11(7-9)8-16-6-5-15-13(16)12(14)17/h3-7H,8H2,1-2H3,(H2,14,17). The van der Waals surface area contributed by atoms with E-state index in [-0.39, 0.29) is 0 Å². The molecule has 0 radical (unpaired) electrons. The number of hydrogen-bond acceptors (Lipinski definition) is 2. The quantitative estimate of drug-likeness (QED) is 0.843. The Bertz CT molecular complexity index is 558. The van der Waals surface area contributed by atoms with Crippen molar-refractivity contribution in [2.75, 3.05) is 0 Å². The van der Waals surface area contributed by atoms with Crippen LogP contribution in [0.1, 0.15) is 22.5 Å². The third-order valence-electron chi connectivity index (χ3n) is 2.78. The van der Waals surface area contributed by atoms with Crippen LogP contribution in [-0.2, 0) is 6.54 Å². The number of imidazole rings is 1. The lowest BCUT2D eigenvalue weighted by molar-refractivity contribution is 0.782. The van der Waals surface area contributed by atoms with Crippen molar-refractivity contribution in [2.24, 2.45) is 5.73 Å². The molecule has 2 aromatic rings. The summed E-state index contributed by atoms with van der Waals surface area (Å²) in [4.78, 5) is 4.49. The summed E-state index contributed by atoms with van der Waals surface area (Å²) < 4.78 is 1.98. The molecule has 0 aliphatic carbocycles. The lowest BCUT2D eigenvalue weighted by Crippen LogP contribution is -2.17. The fraction of sp³-hybridized carbons (Fsp3) is 0.231. The van der Waals surface area contributed by atoms with Gasteiger partial charge in [0.05, 0.1) is 0 Å². The van der Waals surface area contributed by atoms with Gasteiger partial charge in [-0.15, -0.1) is 0 Å². The highest BCUT2D eigenvalue weighted by Crippen LogP contribution is 2.13. The van der Waals surface area contributed by atoms with Crippen LogP contribution in [0.15, 0.2) is 30.6 Å². The SMILES string of the molecule is Cc1ccc(C)c(Cn2ccnc2C(N)=S)c1. The normalized spacial score (nSPS) is 10.5. The van der Waals surface area contributed by atoms with Gasteiger partial charge in [-0.3, -0.25) is 0 Å². The van der Waals surface area contributed by atoms with Gasteiger partial charge in [0.2, 0.25) is 0 Å². The van der Waals surface area contributed by atoms with Gasteiger partial charge in [0.1, 0.15) is 4.99 Å². The zero-order chi connectivity index (χ0) is 12.4. The van der Waals surface area contributed by atoms with Crippen LogP contribution in [0.5, 0.6) is 0 Å². The molecule has 2 rings (SSSR count). The molecule has 0 fully saturated rings.